The van der Waals surface area contributed by atoms with Gasteiger partial charge in [0.15, 0.2) is 0 Å². The highest BCUT2D eigenvalue weighted by Gasteiger charge is 2.30. The molecule has 0 bridgehead atoms. The van der Waals surface area contributed by atoms with Gasteiger partial charge in [-0.1, -0.05) is 6.07 Å². The molecule has 0 spiro atoms. The SMILES string of the molecule is Cl.Cl.O=C(CSCc1ccccn1)N1CCC(N2CCNCC2)C1. The number of aromatic nitrogens is 1. The lowest BCUT2D eigenvalue weighted by Gasteiger charge is -2.32. The summed E-state index contributed by atoms with van der Waals surface area (Å²) in [5.41, 5.74) is 1.04. The first-order valence-electron chi connectivity index (χ1n) is 8.03. The first-order chi connectivity index (χ1) is 10.8. The molecule has 1 unspecified atom stereocenters. The van der Waals surface area contributed by atoms with E-state index in [1.54, 1.807) is 18.0 Å². The van der Waals surface area contributed by atoms with E-state index in [-0.39, 0.29) is 30.7 Å². The van der Waals surface area contributed by atoms with Crippen LogP contribution in [0.25, 0.3) is 0 Å². The molecule has 2 fully saturated rings. The summed E-state index contributed by atoms with van der Waals surface area (Å²) in [7, 11) is 0. The monoisotopic (exact) mass is 392 g/mol. The summed E-state index contributed by atoms with van der Waals surface area (Å²) in [6, 6.07) is 6.48. The van der Waals surface area contributed by atoms with Gasteiger partial charge in [-0.15, -0.1) is 36.6 Å². The minimum Gasteiger partial charge on any atom is -0.340 e. The van der Waals surface area contributed by atoms with Gasteiger partial charge in [-0.05, 0) is 18.6 Å². The Kier molecular flexibility index (Phi) is 10.0. The molecule has 24 heavy (non-hydrogen) atoms. The lowest BCUT2D eigenvalue weighted by Crippen LogP contribution is -2.49. The molecule has 0 aliphatic carbocycles. The molecule has 1 atom stereocenters. The van der Waals surface area contributed by atoms with Gasteiger partial charge in [0.25, 0.3) is 0 Å². The van der Waals surface area contributed by atoms with Crippen LogP contribution in [0.1, 0.15) is 12.1 Å². The molecule has 1 aromatic heterocycles. The molecular weight excluding hydrogens is 367 g/mol. The van der Waals surface area contributed by atoms with Gasteiger partial charge in [0, 0.05) is 57.3 Å². The fourth-order valence-electron chi connectivity index (χ4n) is 3.13. The van der Waals surface area contributed by atoms with E-state index in [9.17, 15) is 4.79 Å². The van der Waals surface area contributed by atoms with E-state index in [2.05, 4.69) is 15.2 Å². The largest absolute Gasteiger partial charge is 0.340 e. The fraction of sp³-hybridized carbons (Fsp3) is 0.625. The predicted octanol–water partition coefficient (Wildman–Crippen LogP) is 1.66. The Morgan fingerprint density at radius 3 is 2.75 bits per heavy atom. The summed E-state index contributed by atoms with van der Waals surface area (Å²) < 4.78 is 0. The van der Waals surface area contributed by atoms with Crippen molar-refractivity contribution in [1.82, 2.24) is 20.1 Å². The van der Waals surface area contributed by atoms with E-state index >= 15 is 0 Å². The van der Waals surface area contributed by atoms with Crippen LogP contribution in [0.2, 0.25) is 0 Å². The summed E-state index contributed by atoms with van der Waals surface area (Å²) in [5.74, 6) is 1.64. The van der Waals surface area contributed by atoms with Gasteiger partial charge in [0.1, 0.15) is 0 Å². The molecule has 3 rings (SSSR count). The molecule has 2 saturated heterocycles. The van der Waals surface area contributed by atoms with E-state index in [0.29, 0.717) is 11.8 Å². The standard InChI is InChI=1S/C16H24N4OS.2ClH/c21-16(13-22-12-14-3-1-2-5-18-14)20-8-4-15(11-20)19-9-6-17-7-10-19;;/h1-3,5,15,17H,4,6-13H2;2*1H. The summed E-state index contributed by atoms with van der Waals surface area (Å²) in [4.78, 5) is 21.2. The zero-order chi connectivity index (χ0) is 15.2. The number of piperazine rings is 1. The van der Waals surface area contributed by atoms with Crippen molar-refractivity contribution in [2.24, 2.45) is 0 Å². The number of carbonyl (C=O) groups is 1. The molecule has 3 heterocycles. The Hall–Kier alpha value is -0.530. The van der Waals surface area contributed by atoms with Crippen LogP contribution in [0, 0.1) is 0 Å². The minimum absolute atomic E-state index is 0. The third kappa shape index (κ3) is 6.08. The number of halogens is 2. The molecular formula is C16H26Cl2N4OS. The maximum absolute atomic E-state index is 12.3. The molecule has 5 nitrogen and oxygen atoms in total. The Morgan fingerprint density at radius 1 is 1.25 bits per heavy atom. The van der Waals surface area contributed by atoms with Crippen molar-refractivity contribution in [2.75, 3.05) is 45.0 Å². The number of nitrogens with one attached hydrogen (secondary N) is 1. The third-order valence-corrected chi connectivity index (χ3v) is 5.34. The second kappa shape index (κ2) is 11.2. The molecule has 1 aromatic rings. The summed E-state index contributed by atoms with van der Waals surface area (Å²) >= 11 is 1.66. The van der Waals surface area contributed by atoms with E-state index in [1.165, 1.54) is 0 Å². The molecule has 2 aliphatic rings. The average molecular weight is 393 g/mol. The fourth-order valence-corrected chi connectivity index (χ4v) is 3.97. The number of pyridine rings is 1. The first-order valence-corrected chi connectivity index (χ1v) is 9.18. The van der Waals surface area contributed by atoms with Crippen LogP contribution >= 0.6 is 36.6 Å². The minimum atomic E-state index is 0. The molecule has 2 aliphatic heterocycles. The van der Waals surface area contributed by atoms with Crippen LogP contribution in [-0.4, -0.2) is 71.8 Å². The first kappa shape index (κ1) is 21.5. The van der Waals surface area contributed by atoms with Gasteiger partial charge >= 0.3 is 0 Å². The lowest BCUT2D eigenvalue weighted by atomic mass is 10.2. The van der Waals surface area contributed by atoms with E-state index in [0.717, 1.165) is 57.1 Å². The maximum Gasteiger partial charge on any atom is 0.232 e. The number of rotatable bonds is 5. The average Bonchev–Trinajstić information content (AvgIpc) is 3.07. The van der Waals surface area contributed by atoms with Crippen molar-refractivity contribution >= 4 is 42.5 Å². The highest BCUT2D eigenvalue weighted by Crippen LogP contribution is 2.18. The topological polar surface area (TPSA) is 48.5 Å². The molecule has 0 saturated carbocycles. The van der Waals surface area contributed by atoms with Crippen molar-refractivity contribution in [2.45, 2.75) is 18.2 Å². The second-order valence-electron chi connectivity index (χ2n) is 5.88. The third-order valence-electron chi connectivity index (χ3n) is 4.39. The maximum atomic E-state index is 12.3. The van der Waals surface area contributed by atoms with Gasteiger partial charge in [0.2, 0.25) is 5.91 Å². The molecule has 0 radical (unpaired) electrons. The lowest BCUT2D eigenvalue weighted by molar-refractivity contribution is -0.127. The zero-order valence-electron chi connectivity index (χ0n) is 13.7. The Morgan fingerprint density at radius 2 is 2.04 bits per heavy atom. The van der Waals surface area contributed by atoms with Crippen molar-refractivity contribution < 1.29 is 4.79 Å². The summed E-state index contributed by atoms with van der Waals surface area (Å²) in [6.07, 6.45) is 2.92. The smallest absolute Gasteiger partial charge is 0.232 e. The van der Waals surface area contributed by atoms with Crippen LogP contribution < -0.4 is 5.32 Å². The zero-order valence-corrected chi connectivity index (χ0v) is 16.2. The van der Waals surface area contributed by atoms with Gasteiger partial charge in [-0.3, -0.25) is 14.7 Å². The predicted molar refractivity (Wildman–Crippen MR) is 104 cm³/mol. The molecule has 1 amide bonds. The number of hydrogen-bond acceptors (Lipinski definition) is 5. The van der Waals surface area contributed by atoms with Crippen LogP contribution in [0.4, 0.5) is 0 Å². The Bertz CT molecular complexity index is 488. The van der Waals surface area contributed by atoms with Crippen molar-refractivity contribution in [3.05, 3.63) is 30.1 Å². The highest BCUT2D eigenvalue weighted by molar-refractivity contribution is 7.99. The molecule has 0 aromatic carbocycles. The van der Waals surface area contributed by atoms with E-state index in [4.69, 9.17) is 0 Å². The number of amides is 1. The summed E-state index contributed by atoms with van der Waals surface area (Å²) in [5, 5.41) is 3.38. The highest BCUT2D eigenvalue weighted by atomic mass is 35.5. The van der Waals surface area contributed by atoms with Gasteiger partial charge < -0.3 is 10.2 Å². The number of hydrogen-bond donors (Lipinski definition) is 1. The number of carbonyl (C=O) groups excluding carboxylic acids is 1. The Balaban J connectivity index is 0.00000144. The molecule has 136 valence electrons. The number of nitrogens with zero attached hydrogens (tertiary/aromatic N) is 3. The van der Waals surface area contributed by atoms with Crippen LogP contribution in [0.5, 0.6) is 0 Å². The Labute approximate surface area is 160 Å². The van der Waals surface area contributed by atoms with Crippen molar-refractivity contribution in [3.63, 3.8) is 0 Å². The molecule has 8 heteroatoms. The summed E-state index contributed by atoms with van der Waals surface area (Å²) in [6.45, 7) is 6.19. The van der Waals surface area contributed by atoms with Crippen LogP contribution in [0.3, 0.4) is 0 Å². The quantitative estimate of drug-likeness (QED) is 0.825. The van der Waals surface area contributed by atoms with Gasteiger partial charge in [-0.25, -0.2) is 0 Å². The van der Waals surface area contributed by atoms with Crippen molar-refractivity contribution in [3.8, 4) is 0 Å². The number of thioether (sulfide) groups is 1. The molecule has 1 N–H and O–H groups in total. The van der Waals surface area contributed by atoms with Gasteiger partial charge in [-0.2, -0.15) is 0 Å². The van der Waals surface area contributed by atoms with E-state index < -0.39 is 0 Å². The van der Waals surface area contributed by atoms with E-state index in [1.807, 2.05) is 23.1 Å². The van der Waals surface area contributed by atoms with Crippen molar-refractivity contribution in [1.29, 1.82) is 0 Å². The van der Waals surface area contributed by atoms with Gasteiger partial charge in [0.05, 0.1) is 11.4 Å². The van der Waals surface area contributed by atoms with Crippen LogP contribution in [0.15, 0.2) is 24.4 Å². The normalized spacial score (nSPS) is 21.0. The second-order valence-corrected chi connectivity index (χ2v) is 6.87. The number of likely N-dealkylation sites (tertiary alicyclic amines) is 1. The van der Waals surface area contributed by atoms with Crippen LogP contribution in [-0.2, 0) is 10.5 Å².